The Morgan fingerprint density at radius 2 is 1.96 bits per heavy atom. The summed E-state index contributed by atoms with van der Waals surface area (Å²) in [5.74, 6) is -0.253. The Labute approximate surface area is 135 Å². The van der Waals surface area contributed by atoms with E-state index in [0.717, 1.165) is 5.56 Å². The van der Waals surface area contributed by atoms with Crippen LogP contribution in [0.1, 0.15) is 24.1 Å². The van der Waals surface area contributed by atoms with Gasteiger partial charge in [-0.25, -0.2) is 9.18 Å². The molecule has 1 N–H and O–H groups in total. The smallest absolute Gasteiger partial charge is 0.317 e. The van der Waals surface area contributed by atoms with Crippen molar-refractivity contribution in [3.05, 3.63) is 65.5 Å². The minimum atomic E-state index is -0.441. The third-order valence-electron chi connectivity index (χ3n) is 3.63. The summed E-state index contributed by atoms with van der Waals surface area (Å²) in [6.07, 6.45) is 0. The van der Waals surface area contributed by atoms with Crippen molar-refractivity contribution in [1.82, 2.24) is 10.2 Å². The van der Waals surface area contributed by atoms with E-state index in [9.17, 15) is 9.18 Å². The van der Waals surface area contributed by atoms with E-state index in [0.29, 0.717) is 12.1 Å². The highest BCUT2D eigenvalue weighted by Crippen LogP contribution is 2.21. The van der Waals surface area contributed by atoms with Gasteiger partial charge in [0.05, 0.1) is 13.2 Å². The van der Waals surface area contributed by atoms with E-state index in [1.807, 2.05) is 37.3 Å². The van der Waals surface area contributed by atoms with Crippen LogP contribution in [0.25, 0.3) is 0 Å². The van der Waals surface area contributed by atoms with Crippen molar-refractivity contribution in [3.63, 3.8) is 0 Å². The molecule has 0 spiro atoms. The van der Waals surface area contributed by atoms with Gasteiger partial charge in [0.2, 0.25) is 0 Å². The third-order valence-corrected chi connectivity index (χ3v) is 3.63. The summed E-state index contributed by atoms with van der Waals surface area (Å²) in [5.41, 5.74) is 1.73. The first-order chi connectivity index (χ1) is 11.0. The van der Waals surface area contributed by atoms with Gasteiger partial charge < -0.3 is 15.0 Å². The maximum Gasteiger partial charge on any atom is 0.317 e. The van der Waals surface area contributed by atoms with Crippen molar-refractivity contribution >= 4 is 6.03 Å². The molecule has 0 radical (unpaired) electrons. The summed E-state index contributed by atoms with van der Waals surface area (Å²) in [5, 5.41) is 2.86. The zero-order valence-electron chi connectivity index (χ0n) is 13.5. The van der Waals surface area contributed by atoms with Crippen LogP contribution in [0.5, 0.6) is 5.75 Å². The molecule has 4 nitrogen and oxygen atoms in total. The minimum absolute atomic E-state index is 0.188. The fourth-order valence-corrected chi connectivity index (χ4v) is 2.26. The number of hydrogen-bond donors (Lipinski definition) is 1. The topological polar surface area (TPSA) is 41.6 Å². The Hall–Kier alpha value is -2.56. The second-order valence-electron chi connectivity index (χ2n) is 5.41. The summed E-state index contributed by atoms with van der Waals surface area (Å²) in [6.45, 7) is 2.33. The van der Waals surface area contributed by atoms with Crippen LogP contribution in [0.3, 0.4) is 0 Å². The standard InChI is InChI=1S/C18H21FN2O2/c1-13(15-9-10-17(23-3)16(19)11-15)20-18(22)21(2)12-14-7-5-4-6-8-14/h4-11,13H,12H2,1-3H3,(H,20,22). The van der Waals surface area contributed by atoms with Gasteiger partial charge in [0.1, 0.15) is 0 Å². The van der Waals surface area contributed by atoms with E-state index in [-0.39, 0.29) is 17.8 Å². The van der Waals surface area contributed by atoms with Gasteiger partial charge in [-0.15, -0.1) is 0 Å². The molecule has 0 aliphatic rings. The fourth-order valence-electron chi connectivity index (χ4n) is 2.26. The summed E-state index contributed by atoms with van der Waals surface area (Å²) in [4.78, 5) is 13.8. The van der Waals surface area contributed by atoms with Crippen molar-refractivity contribution in [1.29, 1.82) is 0 Å². The number of methoxy groups -OCH3 is 1. The summed E-state index contributed by atoms with van der Waals surface area (Å²) in [6, 6.07) is 13.9. The molecule has 0 aliphatic heterocycles. The molecule has 0 saturated carbocycles. The third kappa shape index (κ3) is 4.45. The first-order valence-electron chi connectivity index (χ1n) is 7.40. The van der Waals surface area contributed by atoms with Gasteiger partial charge in [0.25, 0.3) is 0 Å². The van der Waals surface area contributed by atoms with Gasteiger partial charge in [-0.05, 0) is 30.2 Å². The van der Waals surface area contributed by atoms with Gasteiger partial charge in [-0.3, -0.25) is 0 Å². The van der Waals surface area contributed by atoms with Crippen molar-refractivity contribution in [3.8, 4) is 5.75 Å². The Bertz CT molecular complexity index is 661. The second-order valence-corrected chi connectivity index (χ2v) is 5.41. The van der Waals surface area contributed by atoms with Crippen LogP contribution < -0.4 is 10.1 Å². The first kappa shape index (κ1) is 16.8. The number of hydrogen-bond acceptors (Lipinski definition) is 2. The van der Waals surface area contributed by atoms with Crippen LogP contribution in [-0.4, -0.2) is 25.1 Å². The van der Waals surface area contributed by atoms with E-state index in [4.69, 9.17) is 4.74 Å². The number of amides is 2. The molecule has 0 aromatic heterocycles. The highest BCUT2D eigenvalue weighted by molar-refractivity contribution is 5.74. The van der Waals surface area contributed by atoms with Gasteiger partial charge in [0, 0.05) is 13.6 Å². The molecular weight excluding hydrogens is 295 g/mol. The van der Waals surface area contributed by atoms with E-state index in [1.165, 1.54) is 13.2 Å². The molecule has 2 amide bonds. The first-order valence-corrected chi connectivity index (χ1v) is 7.40. The number of nitrogens with one attached hydrogen (secondary N) is 1. The van der Waals surface area contributed by atoms with Crippen molar-refractivity contribution < 1.29 is 13.9 Å². The predicted molar refractivity (Wildman–Crippen MR) is 87.8 cm³/mol. The molecule has 0 bridgehead atoms. The van der Waals surface area contributed by atoms with Crippen LogP contribution >= 0.6 is 0 Å². The molecule has 0 heterocycles. The number of rotatable bonds is 5. The maximum atomic E-state index is 13.7. The van der Waals surface area contributed by atoms with Crippen LogP contribution in [-0.2, 0) is 6.54 Å². The van der Waals surface area contributed by atoms with Crippen LogP contribution in [0.4, 0.5) is 9.18 Å². The van der Waals surface area contributed by atoms with Crippen LogP contribution in [0.2, 0.25) is 0 Å². The SMILES string of the molecule is COc1ccc(C(C)NC(=O)N(C)Cc2ccccc2)cc1F. The van der Waals surface area contributed by atoms with E-state index < -0.39 is 5.82 Å². The Kier molecular flexibility index (Phi) is 5.57. The van der Waals surface area contributed by atoms with Gasteiger partial charge in [-0.2, -0.15) is 0 Å². The number of nitrogens with zero attached hydrogens (tertiary/aromatic N) is 1. The summed E-state index contributed by atoms with van der Waals surface area (Å²) in [7, 11) is 3.14. The average molecular weight is 316 g/mol. The molecule has 1 unspecified atom stereocenters. The molecule has 5 heteroatoms. The lowest BCUT2D eigenvalue weighted by Gasteiger charge is -2.22. The Morgan fingerprint density at radius 3 is 2.57 bits per heavy atom. The number of benzene rings is 2. The Morgan fingerprint density at radius 1 is 1.26 bits per heavy atom. The molecular formula is C18H21FN2O2. The lowest BCUT2D eigenvalue weighted by atomic mass is 10.1. The summed E-state index contributed by atoms with van der Waals surface area (Å²) < 4.78 is 18.6. The van der Waals surface area contributed by atoms with Crippen molar-refractivity contribution in [2.45, 2.75) is 19.5 Å². The van der Waals surface area contributed by atoms with Gasteiger partial charge in [-0.1, -0.05) is 36.4 Å². The number of carbonyl (C=O) groups excluding carboxylic acids is 1. The predicted octanol–water partition coefficient (Wildman–Crippen LogP) is 3.74. The normalized spacial score (nSPS) is 11.7. The zero-order valence-corrected chi connectivity index (χ0v) is 13.5. The highest BCUT2D eigenvalue weighted by atomic mass is 19.1. The van der Waals surface area contributed by atoms with Crippen LogP contribution in [0.15, 0.2) is 48.5 Å². The number of urea groups is 1. The summed E-state index contributed by atoms with van der Waals surface area (Å²) >= 11 is 0. The lowest BCUT2D eigenvalue weighted by Crippen LogP contribution is -2.38. The molecule has 1 atom stereocenters. The molecule has 2 aromatic carbocycles. The molecule has 122 valence electrons. The van der Waals surface area contributed by atoms with E-state index in [1.54, 1.807) is 24.1 Å². The molecule has 2 aromatic rings. The number of carbonyl (C=O) groups is 1. The van der Waals surface area contributed by atoms with E-state index >= 15 is 0 Å². The molecule has 2 rings (SSSR count). The molecule has 0 saturated heterocycles. The molecule has 0 aliphatic carbocycles. The minimum Gasteiger partial charge on any atom is -0.494 e. The highest BCUT2D eigenvalue weighted by Gasteiger charge is 2.15. The van der Waals surface area contributed by atoms with Gasteiger partial charge in [0.15, 0.2) is 11.6 Å². The van der Waals surface area contributed by atoms with Crippen molar-refractivity contribution in [2.24, 2.45) is 0 Å². The molecule has 0 fully saturated rings. The number of ether oxygens (including phenoxy) is 1. The Balaban J connectivity index is 1.97. The van der Waals surface area contributed by atoms with Gasteiger partial charge >= 0.3 is 6.03 Å². The van der Waals surface area contributed by atoms with E-state index in [2.05, 4.69) is 5.32 Å². The van der Waals surface area contributed by atoms with Crippen molar-refractivity contribution in [2.75, 3.05) is 14.2 Å². The lowest BCUT2D eigenvalue weighted by molar-refractivity contribution is 0.203. The zero-order chi connectivity index (χ0) is 16.8. The maximum absolute atomic E-state index is 13.7. The van der Waals surface area contributed by atoms with Crippen LogP contribution in [0, 0.1) is 5.82 Å². The largest absolute Gasteiger partial charge is 0.494 e. The molecule has 23 heavy (non-hydrogen) atoms. The second kappa shape index (κ2) is 7.63. The monoisotopic (exact) mass is 316 g/mol. The average Bonchev–Trinajstić information content (AvgIpc) is 2.55. The number of halogens is 1. The fraction of sp³-hybridized carbons (Fsp3) is 0.278. The quantitative estimate of drug-likeness (QED) is 0.913.